The molecule has 0 fully saturated rings. The van der Waals surface area contributed by atoms with Gasteiger partial charge in [-0.2, -0.15) is 0 Å². The van der Waals surface area contributed by atoms with Crippen LogP contribution < -0.4 is 21.7 Å². The maximum Gasteiger partial charge on any atom is 0.294 e. The minimum absolute atomic E-state index is 0.0239. The molecule has 1 aromatic rings. The summed E-state index contributed by atoms with van der Waals surface area (Å²) in [6, 6.07) is 2.46. The zero-order valence-electron chi connectivity index (χ0n) is 11.1. The molecule has 0 spiro atoms. The average molecular weight is 317 g/mol. The fourth-order valence-corrected chi connectivity index (χ4v) is 2.89. The lowest BCUT2D eigenvalue weighted by atomic mass is 10.2. The molecule has 0 saturated heterocycles. The van der Waals surface area contributed by atoms with Gasteiger partial charge in [0.2, 0.25) is 15.9 Å². The average Bonchev–Trinajstić information content (AvgIpc) is 2.35. The second-order valence-electron chi connectivity index (χ2n) is 4.27. The number of hydrogen-bond acceptors (Lipinski definition) is 7. The quantitative estimate of drug-likeness (QED) is 0.296. The van der Waals surface area contributed by atoms with Gasteiger partial charge in [-0.15, -0.1) is 0 Å². The number of nitrogen functional groups attached to an aromatic ring is 1. The lowest BCUT2D eigenvalue weighted by Crippen LogP contribution is -2.35. The van der Waals surface area contributed by atoms with Crippen molar-refractivity contribution in [2.24, 2.45) is 11.6 Å². The predicted octanol–water partition coefficient (Wildman–Crippen LogP) is -0.577. The Kier molecular flexibility index (Phi) is 5.18. The van der Waals surface area contributed by atoms with Gasteiger partial charge in [-0.05, 0) is 19.1 Å². The summed E-state index contributed by atoms with van der Waals surface area (Å²) in [7, 11) is -4.02. The molecule has 116 valence electrons. The third-order valence-corrected chi connectivity index (χ3v) is 4.08. The van der Waals surface area contributed by atoms with Crippen molar-refractivity contribution in [1.29, 1.82) is 0 Å². The number of nitro benzene ring substituents is 1. The van der Waals surface area contributed by atoms with Gasteiger partial charge >= 0.3 is 0 Å². The summed E-state index contributed by atoms with van der Waals surface area (Å²) in [5, 5.41) is 10.9. The van der Waals surface area contributed by atoms with Crippen molar-refractivity contribution in [3.63, 3.8) is 0 Å². The molecule has 21 heavy (non-hydrogen) atoms. The molecule has 0 saturated carbocycles. The van der Waals surface area contributed by atoms with Crippen molar-refractivity contribution in [2.75, 3.05) is 5.43 Å². The first kappa shape index (κ1) is 16.8. The van der Waals surface area contributed by atoms with Crippen LogP contribution in [0, 0.1) is 10.1 Å². The standard InChI is InChI=1S/C10H15N5O5S/c1-6(4-10(11)16)14-21(19,20)7-2-3-8(13-12)9(5-7)15(17)18/h2-3,5-6,13-14H,4,12H2,1H3,(H2,11,16). The second kappa shape index (κ2) is 6.47. The number of benzene rings is 1. The summed E-state index contributed by atoms with van der Waals surface area (Å²) in [6.07, 6.45) is -0.191. The molecular formula is C10H15N5O5S. The van der Waals surface area contributed by atoms with Crippen LogP contribution in [0.4, 0.5) is 11.4 Å². The number of nitro groups is 1. The van der Waals surface area contributed by atoms with E-state index in [4.69, 9.17) is 11.6 Å². The Balaban J connectivity index is 3.12. The number of nitrogens with two attached hydrogens (primary N) is 2. The summed E-state index contributed by atoms with van der Waals surface area (Å²) in [5.74, 6) is 4.44. The van der Waals surface area contributed by atoms with Crippen LogP contribution >= 0.6 is 0 Å². The fraction of sp³-hybridized carbons (Fsp3) is 0.300. The van der Waals surface area contributed by atoms with Gasteiger partial charge < -0.3 is 11.2 Å². The fourth-order valence-electron chi connectivity index (χ4n) is 1.63. The molecule has 0 aromatic heterocycles. The number of carbonyl (C=O) groups excluding carboxylic acids is 1. The number of sulfonamides is 1. The molecular weight excluding hydrogens is 302 g/mol. The maximum absolute atomic E-state index is 12.1. The van der Waals surface area contributed by atoms with E-state index in [0.29, 0.717) is 0 Å². The van der Waals surface area contributed by atoms with E-state index in [9.17, 15) is 23.3 Å². The van der Waals surface area contributed by atoms with Gasteiger partial charge in [0.15, 0.2) is 0 Å². The van der Waals surface area contributed by atoms with E-state index in [1.54, 1.807) is 0 Å². The third kappa shape index (κ3) is 4.37. The van der Waals surface area contributed by atoms with Crippen molar-refractivity contribution < 1.29 is 18.1 Å². The normalized spacial score (nSPS) is 12.7. The largest absolute Gasteiger partial charge is 0.370 e. The second-order valence-corrected chi connectivity index (χ2v) is 5.99. The van der Waals surface area contributed by atoms with Gasteiger partial charge in [0.25, 0.3) is 5.69 Å². The molecule has 0 heterocycles. The van der Waals surface area contributed by atoms with Gasteiger partial charge in [0, 0.05) is 18.5 Å². The lowest BCUT2D eigenvalue weighted by molar-refractivity contribution is -0.384. The van der Waals surface area contributed by atoms with E-state index >= 15 is 0 Å². The number of nitrogens with one attached hydrogen (secondary N) is 2. The van der Waals surface area contributed by atoms with E-state index < -0.39 is 32.6 Å². The van der Waals surface area contributed by atoms with Crippen molar-refractivity contribution in [3.8, 4) is 0 Å². The van der Waals surface area contributed by atoms with Crippen LogP contribution in [-0.4, -0.2) is 25.3 Å². The van der Waals surface area contributed by atoms with Crippen LogP contribution in [0.1, 0.15) is 13.3 Å². The Morgan fingerprint density at radius 1 is 1.48 bits per heavy atom. The molecule has 0 aliphatic carbocycles. The van der Waals surface area contributed by atoms with Gasteiger partial charge in [-0.3, -0.25) is 20.8 Å². The van der Waals surface area contributed by atoms with Gasteiger partial charge in [-0.25, -0.2) is 13.1 Å². The molecule has 0 bridgehead atoms. The van der Waals surface area contributed by atoms with E-state index in [1.807, 2.05) is 0 Å². The Labute approximate surface area is 120 Å². The first-order chi connectivity index (χ1) is 9.67. The maximum atomic E-state index is 12.1. The number of carbonyl (C=O) groups is 1. The topological polar surface area (TPSA) is 170 Å². The number of hydrogen-bond donors (Lipinski definition) is 4. The van der Waals surface area contributed by atoms with Crippen LogP contribution in [0.15, 0.2) is 23.1 Å². The molecule has 6 N–H and O–H groups in total. The Hall–Kier alpha value is -2.24. The first-order valence-electron chi connectivity index (χ1n) is 5.73. The van der Waals surface area contributed by atoms with Gasteiger partial charge in [0.1, 0.15) is 5.69 Å². The zero-order chi connectivity index (χ0) is 16.2. The smallest absolute Gasteiger partial charge is 0.294 e. The number of hydrazine groups is 1. The van der Waals surface area contributed by atoms with Crippen molar-refractivity contribution in [1.82, 2.24) is 4.72 Å². The van der Waals surface area contributed by atoms with Crippen LogP contribution in [0.2, 0.25) is 0 Å². The molecule has 0 radical (unpaired) electrons. The molecule has 1 unspecified atom stereocenters. The van der Waals surface area contributed by atoms with Crippen LogP contribution in [-0.2, 0) is 14.8 Å². The highest BCUT2D eigenvalue weighted by molar-refractivity contribution is 7.89. The first-order valence-corrected chi connectivity index (χ1v) is 7.21. The van der Waals surface area contributed by atoms with Gasteiger partial charge in [-0.1, -0.05) is 0 Å². The number of anilines is 1. The highest BCUT2D eigenvalue weighted by Gasteiger charge is 2.23. The summed E-state index contributed by atoms with van der Waals surface area (Å²) < 4.78 is 26.3. The summed E-state index contributed by atoms with van der Waals surface area (Å²) in [5.41, 5.74) is 6.56. The highest BCUT2D eigenvalue weighted by Crippen LogP contribution is 2.26. The number of primary amides is 1. The minimum atomic E-state index is -4.02. The Bertz CT molecular complexity index is 660. The molecule has 1 atom stereocenters. The minimum Gasteiger partial charge on any atom is -0.370 e. The summed E-state index contributed by atoms with van der Waals surface area (Å²) >= 11 is 0. The van der Waals surface area contributed by atoms with Crippen molar-refractivity contribution in [3.05, 3.63) is 28.3 Å². The molecule has 1 amide bonds. The molecule has 11 heteroatoms. The predicted molar refractivity (Wildman–Crippen MR) is 74.5 cm³/mol. The molecule has 1 rings (SSSR count). The molecule has 10 nitrogen and oxygen atoms in total. The molecule has 0 aliphatic rings. The summed E-state index contributed by atoms with van der Waals surface area (Å²) in [4.78, 5) is 20.5. The van der Waals surface area contributed by atoms with Crippen LogP contribution in [0.3, 0.4) is 0 Å². The van der Waals surface area contributed by atoms with Gasteiger partial charge in [0.05, 0.1) is 9.82 Å². The SMILES string of the molecule is CC(CC(N)=O)NS(=O)(=O)c1ccc(NN)c([N+](=O)[O-])c1. The number of nitrogens with zero attached hydrogens (tertiary/aromatic N) is 1. The van der Waals surface area contributed by atoms with E-state index in [0.717, 1.165) is 12.1 Å². The number of rotatable bonds is 7. The van der Waals surface area contributed by atoms with Crippen LogP contribution in [0.5, 0.6) is 0 Å². The van der Waals surface area contributed by atoms with E-state index in [-0.39, 0.29) is 17.0 Å². The lowest BCUT2D eigenvalue weighted by Gasteiger charge is -2.13. The van der Waals surface area contributed by atoms with Crippen molar-refractivity contribution in [2.45, 2.75) is 24.3 Å². The van der Waals surface area contributed by atoms with Crippen molar-refractivity contribution >= 4 is 27.3 Å². The highest BCUT2D eigenvalue weighted by atomic mass is 32.2. The summed E-state index contributed by atoms with van der Waals surface area (Å²) in [6.45, 7) is 1.45. The van der Waals surface area contributed by atoms with Crippen LogP contribution in [0.25, 0.3) is 0 Å². The Morgan fingerprint density at radius 2 is 2.10 bits per heavy atom. The van der Waals surface area contributed by atoms with E-state index in [2.05, 4.69) is 10.1 Å². The van der Waals surface area contributed by atoms with E-state index in [1.165, 1.54) is 13.0 Å². The third-order valence-electron chi connectivity index (χ3n) is 2.50. The number of amides is 1. The zero-order valence-corrected chi connectivity index (χ0v) is 11.9. The monoisotopic (exact) mass is 317 g/mol. The molecule has 0 aliphatic heterocycles. The Morgan fingerprint density at radius 3 is 2.57 bits per heavy atom. The molecule has 1 aromatic carbocycles.